The maximum Gasteiger partial charge on any atom is 0.242 e. The molecule has 0 unspecified atom stereocenters. The number of allylic oxidation sites excluding steroid dienone is 2. The Balaban J connectivity index is 1.12. The molecule has 3 fully saturated rings. The maximum absolute atomic E-state index is 13.1. The number of amides is 3. The molecule has 0 spiro atoms. The maximum atomic E-state index is 13.1. The summed E-state index contributed by atoms with van der Waals surface area (Å²) < 4.78 is 0. The van der Waals surface area contributed by atoms with Gasteiger partial charge in [-0.2, -0.15) is 0 Å². The van der Waals surface area contributed by atoms with E-state index >= 15 is 0 Å². The van der Waals surface area contributed by atoms with Gasteiger partial charge in [0.05, 0.1) is 17.9 Å². The van der Waals surface area contributed by atoms with E-state index in [2.05, 4.69) is 41.3 Å². The largest absolute Gasteiger partial charge is 0.339 e. The molecule has 35 heavy (non-hydrogen) atoms. The number of carbonyl (C=O) groups is 3. The van der Waals surface area contributed by atoms with Crippen molar-refractivity contribution in [3.05, 3.63) is 82.9 Å². The third-order valence-corrected chi connectivity index (χ3v) is 8.44. The summed E-state index contributed by atoms with van der Waals surface area (Å²) >= 11 is 6.13. The summed E-state index contributed by atoms with van der Waals surface area (Å²) in [6.45, 7) is 2.39. The van der Waals surface area contributed by atoms with Crippen LogP contribution in [0.25, 0.3) is 0 Å². The van der Waals surface area contributed by atoms with E-state index in [4.69, 9.17) is 11.6 Å². The van der Waals surface area contributed by atoms with Crippen molar-refractivity contribution >= 4 is 29.3 Å². The molecule has 6 nitrogen and oxygen atoms in total. The number of fused-ring (bicyclic) bond motifs is 5. The number of imide groups is 1. The van der Waals surface area contributed by atoms with Crippen molar-refractivity contribution in [1.29, 1.82) is 0 Å². The molecule has 2 bridgehead atoms. The lowest BCUT2D eigenvalue weighted by molar-refractivity contribution is -0.147. The van der Waals surface area contributed by atoms with Gasteiger partial charge >= 0.3 is 0 Å². The molecule has 2 aromatic rings. The van der Waals surface area contributed by atoms with E-state index in [-0.39, 0.29) is 54.0 Å². The highest BCUT2D eigenvalue weighted by atomic mass is 35.5. The second kappa shape index (κ2) is 8.92. The van der Waals surface area contributed by atoms with E-state index in [1.54, 1.807) is 4.90 Å². The standard InChI is InChI=1S/C28H28ClN3O3/c29-22-10-8-19(9-11-22)26(18-4-2-1-3-5-18)31-14-12-30(13-15-31)23(33)17-32-27(34)24-20-6-7-21(16-20)25(24)28(32)35/h1-11,20-21,24-26H,12-17H2/t20-,21-,24-,25+,26+/m0/s1. The molecule has 0 aromatic heterocycles. The summed E-state index contributed by atoms with van der Waals surface area (Å²) in [7, 11) is 0. The van der Waals surface area contributed by atoms with Gasteiger partial charge in [0.25, 0.3) is 0 Å². The zero-order valence-electron chi connectivity index (χ0n) is 19.4. The Bertz CT molecular complexity index is 1140. The number of rotatable bonds is 5. The molecular formula is C28H28ClN3O3. The zero-order valence-corrected chi connectivity index (χ0v) is 20.2. The minimum atomic E-state index is -0.256. The zero-order chi connectivity index (χ0) is 24.1. The number of likely N-dealkylation sites (tertiary alicyclic amines) is 1. The highest BCUT2D eigenvalue weighted by Gasteiger charge is 2.59. The Hall–Kier alpha value is -2.96. The lowest BCUT2D eigenvalue weighted by Gasteiger charge is -2.40. The molecule has 3 amide bonds. The van der Waals surface area contributed by atoms with Crippen LogP contribution in [0.2, 0.25) is 5.02 Å². The lowest BCUT2D eigenvalue weighted by Crippen LogP contribution is -2.52. The first-order chi connectivity index (χ1) is 17.0. The quantitative estimate of drug-likeness (QED) is 0.477. The third-order valence-electron chi connectivity index (χ3n) is 8.19. The molecule has 0 N–H and O–H groups in total. The smallest absolute Gasteiger partial charge is 0.242 e. The third kappa shape index (κ3) is 3.89. The molecule has 2 aliphatic heterocycles. The van der Waals surface area contributed by atoms with Crippen LogP contribution in [-0.2, 0) is 14.4 Å². The summed E-state index contributed by atoms with van der Waals surface area (Å²) in [4.78, 5) is 44.5. The van der Waals surface area contributed by atoms with Gasteiger partial charge in [0.2, 0.25) is 17.7 Å². The average molecular weight is 490 g/mol. The molecule has 1 saturated carbocycles. The number of hydrogen-bond donors (Lipinski definition) is 0. The SMILES string of the molecule is O=C(CN1C(=O)[C@@H]2[C@H](C1=O)[C@H]1C=C[C@H]2C1)N1CCN([C@H](c2ccccc2)c2ccc(Cl)cc2)CC1. The van der Waals surface area contributed by atoms with E-state index in [1.807, 2.05) is 30.3 Å². The van der Waals surface area contributed by atoms with Gasteiger partial charge in [-0.1, -0.05) is 66.2 Å². The Morgan fingerprint density at radius 1 is 0.829 bits per heavy atom. The van der Waals surface area contributed by atoms with Gasteiger partial charge in [-0.25, -0.2) is 0 Å². The van der Waals surface area contributed by atoms with Crippen molar-refractivity contribution in [3.63, 3.8) is 0 Å². The highest BCUT2D eigenvalue weighted by Crippen LogP contribution is 2.52. The van der Waals surface area contributed by atoms with Crippen molar-refractivity contribution in [2.75, 3.05) is 32.7 Å². The Labute approximate surface area is 210 Å². The lowest BCUT2D eigenvalue weighted by atomic mass is 9.85. The summed E-state index contributed by atoms with van der Waals surface area (Å²) in [5, 5.41) is 0.704. The number of nitrogens with zero attached hydrogens (tertiary/aromatic N) is 3. The number of halogens is 1. The first-order valence-electron chi connectivity index (χ1n) is 12.4. The highest BCUT2D eigenvalue weighted by molar-refractivity contribution is 6.30. The summed E-state index contributed by atoms with van der Waals surface area (Å²) in [6.07, 6.45) is 5.05. The summed E-state index contributed by atoms with van der Waals surface area (Å²) in [5.74, 6) is -0.650. The second-order valence-corrected chi connectivity index (χ2v) is 10.5. The van der Waals surface area contributed by atoms with Crippen molar-refractivity contribution in [2.45, 2.75) is 12.5 Å². The van der Waals surface area contributed by atoms with Gasteiger partial charge in [-0.15, -0.1) is 0 Å². The van der Waals surface area contributed by atoms with Crippen LogP contribution in [-0.4, -0.2) is 65.1 Å². The van der Waals surface area contributed by atoms with Crippen molar-refractivity contribution in [1.82, 2.24) is 14.7 Å². The predicted molar refractivity (Wildman–Crippen MR) is 132 cm³/mol. The molecular weight excluding hydrogens is 462 g/mol. The number of carbonyl (C=O) groups excluding carboxylic acids is 3. The van der Waals surface area contributed by atoms with Crippen LogP contribution in [0.3, 0.4) is 0 Å². The molecule has 2 saturated heterocycles. The Morgan fingerprint density at radius 2 is 1.40 bits per heavy atom. The van der Waals surface area contributed by atoms with Crippen molar-refractivity contribution in [3.8, 4) is 0 Å². The van der Waals surface area contributed by atoms with Crippen molar-refractivity contribution < 1.29 is 14.4 Å². The molecule has 2 heterocycles. The topological polar surface area (TPSA) is 60.9 Å². The number of piperazine rings is 1. The fraction of sp³-hybridized carbons (Fsp3) is 0.393. The van der Waals surface area contributed by atoms with Crippen LogP contribution in [0.15, 0.2) is 66.7 Å². The Morgan fingerprint density at radius 3 is 2.00 bits per heavy atom. The summed E-state index contributed by atoms with van der Waals surface area (Å²) in [6, 6.07) is 18.3. The second-order valence-electron chi connectivity index (χ2n) is 10.0. The first-order valence-corrected chi connectivity index (χ1v) is 12.7. The molecule has 6 rings (SSSR count). The molecule has 180 valence electrons. The van der Waals surface area contributed by atoms with Crippen LogP contribution < -0.4 is 0 Å². The van der Waals surface area contributed by atoms with Gasteiger partial charge in [-0.05, 0) is 41.5 Å². The van der Waals surface area contributed by atoms with Crippen LogP contribution in [0.4, 0.5) is 0 Å². The van der Waals surface area contributed by atoms with Gasteiger partial charge in [-0.3, -0.25) is 24.2 Å². The molecule has 0 radical (unpaired) electrons. The summed E-state index contributed by atoms with van der Waals surface area (Å²) in [5.41, 5.74) is 2.35. The van der Waals surface area contributed by atoms with Gasteiger partial charge in [0, 0.05) is 31.2 Å². The van der Waals surface area contributed by atoms with Crippen LogP contribution in [0.1, 0.15) is 23.6 Å². The molecule has 5 atom stereocenters. The van der Waals surface area contributed by atoms with Gasteiger partial charge in [0.1, 0.15) is 6.54 Å². The van der Waals surface area contributed by atoms with Crippen molar-refractivity contribution in [2.24, 2.45) is 23.7 Å². The van der Waals surface area contributed by atoms with E-state index in [0.717, 1.165) is 12.0 Å². The normalized spacial score (nSPS) is 28.6. The first kappa shape index (κ1) is 22.5. The fourth-order valence-corrected chi connectivity index (χ4v) is 6.61. The van der Waals surface area contributed by atoms with Crippen LogP contribution in [0, 0.1) is 23.7 Å². The van der Waals surface area contributed by atoms with E-state index < -0.39 is 0 Å². The monoisotopic (exact) mass is 489 g/mol. The predicted octanol–water partition coefficient (Wildman–Crippen LogP) is 3.38. The minimum Gasteiger partial charge on any atom is -0.339 e. The molecule has 2 aliphatic carbocycles. The van der Waals surface area contributed by atoms with E-state index in [1.165, 1.54) is 10.5 Å². The number of hydrogen-bond acceptors (Lipinski definition) is 4. The molecule has 7 heteroatoms. The van der Waals surface area contributed by atoms with E-state index in [0.29, 0.717) is 31.2 Å². The Kier molecular flexibility index (Phi) is 5.73. The average Bonchev–Trinajstić information content (AvgIpc) is 3.57. The van der Waals surface area contributed by atoms with Gasteiger partial charge < -0.3 is 4.90 Å². The fourth-order valence-electron chi connectivity index (χ4n) is 6.48. The minimum absolute atomic E-state index is 0.0646. The number of benzene rings is 2. The van der Waals surface area contributed by atoms with Crippen LogP contribution in [0.5, 0.6) is 0 Å². The molecule has 4 aliphatic rings. The van der Waals surface area contributed by atoms with E-state index in [9.17, 15) is 14.4 Å². The van der Waals surface area contributed by atoms with Gasteiger partial charge in [0.15, 0.2) is 0 Å². The molecule has 2 aromatic carbocycles. The van der Waals surface area contributed by atoms with Crippen LogP contribution >= 0.6 is 11.6 Å².